The average molecular weight is 423 g/mol. The smallest absolute Gasteiger partial charge is 0.242 e. The van der Waals surface area contributed by atoms with Crippen LogP contribution in [0.15, 0.2) is 48.5 Å². The molecule has 168 valence electrons. The SMILES string of the molecule is CCCCNC(=O)[C@H](CC)N(Cc1ccccc1C)C(=O)CCc1ccc(CC)cc1. The first-order chi connectivity index (χ1) is 15.0. The molecule has 2 aromatic carbocycles. The van der Waals surface area contributed by atoms with Crippen LogP contribution in [-0.4, -0.2) is 29.3 Å². The second kappa shape index (κ2) is 12.9. The number of unbranched alkanes of at least 4 members (excludes halogenated alkanes) is 1. The van der Waals surface area contributed by atoms with Crippen LogP contribution in [0.3, 0.4) is 0 Å². The Morgan fingerprint density at radius 3 is 2.26 bits per heavy atom. The number of nitrogens with one attached hydrogen (secondary N) is 1. The van der Waals surface area contributed by atoms with Crippen LogP contribution in [0.4, 0.5) is 0 Å². The van der Waals surface area contributed by atoms with Gasteiger partial charge in [0.15, 0.2) is 0 Å². The second-order valence-corrected chi connectivity index (χ2v) is 8.19. The maximum atomic E-state index is 13.3. The van der Waals surface area contributed by atoms with Crippen LogP contribution in [0.1, 0.15) is 68.7 Å². The third-order valence-corrected chi connectivity index (χ3v) is 5.88. The number of nitrogens with zero attached hydrogens (tertiary/aromatic N) is 1. The summed E-state index contributed by atoms with van der Waals surface area (Å²) < 4.78 is 0. The quantitative estimate of drug-likeness (QED) is 0.477. The van der Waals surface area contributed by atoms with E-state index in [9.17, 15) is 9.59 Å². The Hall–Kier alpha value is -2.62. The molecule has 0 radical (unpaired) electrons. The van der Waals surface area contributed by atoms with Crippen molar-refractivity contribution in [2.24, 2.45) is 0 Å². The van der Waals surface area contributed by atoms with Gasteiger partial charge in [-0.15, -0.1) is 0 Å². The van der Waals surface area contributed by atoms with Gasteiger partial charge in [-0.1, -0.05) is 75.7 Å². The third-order valence-electron chi connectivity index (χ3n) is 5.88. The Morgan fingerprint density at radius 2 is 1.65 bits per heavy atom. The summed E-state index contributed by atoms with van der Waals surface area (Å²) in [7, 11) is 0. The maximum absolute atomic E-state index is 13.3. The summed E-state index contributed by atoms with van der Waals surface area (Å²) in [5.74, 6) is -0.0227. The van der Waals surface area contributed by atoms with E-state index in [4.69, 9.17) is 0 Å². The molecule has 0 saturated carbocycles. The van der Waals surface area contributed by atoms with E-state index < -0.39 is 6.04 Å². The first kappa shape index (κ1) is 24.6. The lowest BCUT2D eigenvalue weighted by atomic mass is 10.0. The minimum absolute atomic E-state index is 0.0281. The summed E-state index contributed by atoms with van der Waals surface area (Å²) in [6.45, 7) is 9.38. The zero-order chi connectivity index (χ0) is 22.6. The highest BCUT2D eigenvalue weighted by Gasteiger charge is 2.28. The molecule has 4 nitrogen and oxygen atoms in total. The highest BCUT2D eigenvalue weighted by atomic mass is 16.2. The van der Waals surface area contributed by atoms with E-state index in [1.165, 1.54) is 5.56 Å². The molecule has 2 aromatic rings. The molecular weight excluding hydrogens is 384 g/mol. The molecule has 0 saturated heterocycles. The van der Waals surface area contributed by atoms with Gasteiger partial charge in [0.05, 0.1) is 0 Å². The normalized spacial score (nSPS) is 11.7. The van der Waals surface area contributed by atoms with Crippen molar-refractivity contribution < 1.29 is 9.59 Å². The van der Waals surface area contributed by atoms with Crippen molar-refractivity contribution in [1.82, 2.24) is 10.2 Å². The fourth-order valence-corrected chi connectivity index (χ4v) is 3.73. The zero-order valence-electron chi connectivity index (χ0n) is 19.6. The maximum Gasteiger partial charge on any atom is 0.242 e. The molecule has 1 atom stereocenters. The van der Waals surface area contributed by atoms with Crippen molar-refractivity contribution in [1.29, 1.82) is 0 Å². The van der Waals surface area contributed by atoms with Crippen LogP contribution in [0.2, 0.25) is 0 Å². The Morgan fingerprint density at radius 1 is 0.968 bits per heavy atom. The van der Waals surface area contributed by atoms with E-state index in [-0.39, 0.29) is 11.8 Å². The van der Waals surface area contributed by atoms with Crippen molar-refractivity contribution in [2.45, 2.75) is 78.8 Å². The first-order valence-electron chi connectivity index (χ1n) is 11.7. The Balaban J connectivity index is 2.16. The molecule has 0 bridgehead atoms. The number of aryl methyl sites for hydroxylation is 3. The van der Waals surface area contributed by atoms with Crippen LogP contribution in [0.5, 0.6) is 0 Å². The van der Waals surface area contributed by atoms with Crippen molar-refractivity contribution in [3.05, 3.63) is 70.8 Å². The fraction of sp³-hybridized carbons (Fsp3) is 0.481. The molecule has 2 amide bonds. The molecule has 31 heavy (non-hydrogen) atoms. The van der Waals surface area contributed by atoms with E-state index >= 15 is 0 Å². The van der Waals surface area contributed by atoms with Crippen molar-refractivity contribution >= 4 is 11.8 Å². The van der Waals surface area contributed by atoms with Crippen molar-refractivity contribution in [3.8, 4) is 0 Å². The summed E-state index contributed by atoms with van der Waals surface area (Å²) in [4.78, 5) is 28.0. The van der Waals surface area contributed by atoms with Crippen LogP contribution in [0, 0.1) is 6.92 Å². The molecule has 0 aliphatic carbocycles. The lowest BCUT2D eigenvalue weighted by molar-refractivity contribution is -0.141. The predicted molar refractivity (Wildman–Crippen MR) is 128 cm³/mol. The molecule has 0 aliphatic heterocycles. The minimum atomic E-state index is -0.452. The molecule has 0 fully saturated rings. The highest BCUT2D eigenvalue weighted by Crippen LogP contribution is 2.17. The number of rotatable bonds is 12. The Bertz CT molecular complexity index is 829. The lowest BCUT2D eigenvalue weighted by Gasteiger charge is -2.31. The molecule has 4 heteroatoms. The number of carbonyl (C=O) groups is 2. The highest BCUT2D eigenvalue weighted by molar-refractivity contribution is 5.87. The van der Waals surface area contributed by atoms with Crippen molar-refractivity contribution in [2.75, 3.05) is 6.54 Å². The number of benzene rings is 2. The molecule has 0 unspecified atom stereocenters. The van der Waals surface area contributed by atoms with Gasteiger partial charge in [0.25, 0.3) is 0 Å². The van der Waals surface area contributed by atoms with Gasteiger partial charge in [0, 0.05) is 19.5 Å². The van der Waals surface area contributed by atoms with Gasteiger partial charge < -0.3 is 10.2 Å². The van der Waals surface area contributed by atoms with Gasteiger partial charge in [-0.05, 0) is 54.9 Å². The van der Waals surface area contributed by atoms with Gasteiger partial charge in [0.2, 0.25) is 11.8 Å². The first-order valence-corrected chi connectivity index (χ1v) is 11.7. The van der Waals surface area contributed by atoms with Crippen LogP contribution >= 0.6 is 0 Å². The number of carbonyl (C=O) groups excluding carboxylic acids is 2. The van der Waals surface area contributed by atoms with Gasteiger partial charge in [-0.2, -0.15) is 0 Å². The number of amides is 2. The largest absolute Gasteiger partial charge is 0.354 e. The number of hydrogen-bond acceptors (Lipinski definition) is 2. The summed E-state index contributed by atoms with van der Waals surface area (Å²) in [5, 5.41) is 3.02. The second-order valence-electron chi connectivity index (χ2n) is 8.19. The van der Waals surface area contributed by atoms with E-state index in [1.54, 1.807) is 4.90 Å². The summed E-state index contributed by atoms with van der Waals surface area (Å²) in [5.41, 5.74) is 4.67. The van der Waals surface area contributed by atoms with Gasteiger partial charge in [0.1, 0.15) is 6.04 Å². The molecule has 0 aliphatic rings. The van der Waals surface area contributed by atoms with E-state index in [2.05, 4.69) is 56.4 Å². The topological polar surface area (TPSA) is 49.4 Å². The summed E-state index contributed by atoms with van der Waals surface area (Å²) in [6.07, 6.45) is 4.66. The molecule has 0 aromatic heterocycles. The summed E-state index contributed by atoms with van der Waals surface area (Å²) >= 11 is 0. The van der Waals surface area contributed by atoms with E-state index in [1.807, 2.05) is 25.1 Å². The third kappa shape index (κ3) is 7.54. The van der Waals surface area contributed by atoms with Gasteiger partial charge in [-0.3, -0.25) is 9.59 Å². The summed E-state index contributed by atoms with van der Waals surface area (Å²) in [6, 6.07) is 16.1. The molecule has 0 heterocycles. The van der Waals surface area contributed by atoms with E-state index in [0.717, 1.165) is 36.0 Å². The molecular formula is C27H38N2O2. The lowest BCUT2D eigenvalue weighted by Crippen LogP contribution is -2.49. The average Bonchev–Trinajstić information content (AvgIpc) is 2.79. The fourth-order valence-electron chi connectivity index (χ4n) is 3.73. The van der Waals surface area contributed by atoms with Gasteiger partial charge in [-0.25, -0.2) is 0 Å². The molecule has 0 spiro atoms. The number of hydrogen-bond donors (Lipinski definition) is 1. The van der Waals surface area contributed by atoms with Gasteiger partial charge >= 0.3 is 0 Å². The Kier molecular flexibility index (Phi) is 10.3. The van der Waals surface area contributed by atoms with Crippen LogP contribution < -0.4 is 5.32 Å². The standard InChI is InChI=1S/C27H38N2O2/c1-5-8-19-28-27(31)25(7-3)29(20-24-12-10-9-11-21(24)4)26(30)18-17-23-15-13-22(6-2)14-16-23/h9-16,25H,5-8,17-20H2,1-4H3,(H,28,31)/t25-/m0/s1. The van der Waals surface area contributed by atoms with Crippen molar-refractivity contribution in [3.63, 3.8) is 0 Å². The van der Waals surface area contributed by atoms with Crippen LogP contribution in [0.25, 0.3) is 0 Å². The minimum Gasteiger partial charge on any atom is -0.354 e. The Labute approximate surface area is 188 Å². The zero-order valence-corrected chi connectivity index (χ0v) is 19.6. The van der Waals surface area contributed by atoms with Crippen LogP contribution in [-0.2, 0) is 29.0 Å². The molecule has 1 N–H and O–H groups in total. The van der Waals surface area contributed by atoms with E-state index in [0.29, 0.717) is 32.4 Å². The monoisotopic (exact) mass is 422 g/mol. The molecule has 2 rings (SSSR count). The predicted octanol–water partition coefficient (Wildman–Crippen LogP) is 5.21.